The van der Waals surface area contributed by atoms with Crippen LogP contribution in [-0.4, -0.2) is 34.9 Å². The van der Waals surface area contributed by atoms with Crippen LogP contribution in [0.1, 0.15) is 23.8 Å². The van der Waals surface area contributed by atoms with Gasteiger partial charge in [0.1, 0.15) is 5.69 Å². The number of nitrogens with zero attached hydrogens (tertiary/aromatic N) is 1. The maximum absolute atomic E-state index is 11.6. The molecule has 0 aliphatic carbocycles. The van der Waals surface area contributed by atoms with Crippen LogP contribution >= 0.6 is 0 Å². The number of ether oxygens (including phenoxy) is 1. The molecule has 1 heterocycles. The Morgan fingerprint density at radius 1 is 1.61 bits per heavy atom. The molecule has 0 radical (unpaired) electrons. The highest BCUT2D eigenvalue weighted by Crippen LogP contribution is 2.12. The zero-order valence-corrected chi connectivity index (χ0v) is 9.93. The minimum absolute atomic E-state index is 0.0328. The lowest BCUT2D eigenvalue weighted by molar-refractivity contribution is -0.384. The Labute approximate surface area is 102 Å². The molecule has 1 unspecified atom stereocenters. The van der Waals surface area contributed by atoms with Gasteiger partial charge in [-0.2, -0.15) is 0 Å². The van der Waals surface area contributed by atoms with Crippen LogP contribution in [0.5, 0.6) is 0 Å². The fraction of sp³-hybridized carbons (Fsp3) is 0.400. The van der Waals surface area contributed by atoms with E-state index in [1.54, 1.807) is 6.92 Å². The highest BCUT2D eigenvalue weighted by Gasteiger charge is 2.17. The van der Waals surface area contributed by atoms with Crippen molar-refractivity contribution in [2.24, 2.45) is 0 Å². The van der Waals surface area contributed by atoms with Crippen LogP contribution in [0.3, 0.4) is 0 Å². The number of amides is 1. The Bertz CT molecular complexity index is 468. The van der Waals surface area contributed by atoms with Crippen molar-refractivity contribution in [3.05, 3.63) is 28.1 Å². The molecule has 1 aromatic rings. The Balaban J connectivity index is 2.59. The van der Waals surface area contributed by atoms with Gasteiger partial charge in [0.2, 0.25) is 0 Å². The molecular formula is C10H13N3O5. The summed E-state index contributed by atoms with van der Waals surface area (Å²) >= 11 is 0. The zero-order valence-electron chi connectivity index (χ0n) is 9.93. The molecule has 0 saturated carbocycles. The summed E-state index contributed by atoms with van der Waals surface area (Å²) in [5, 5.41) is 13.0. The number of methoxy groups -OCH3 is 1. The molecule has 0 aromatic carbocycles. The number of nitrogens with one attached hydrogen (secondary N) is 2. The number of carbonyl (C=O) groups excluding carboxylic acids is 2. The Morgan fingerprint density at radius 2 is 2.28 bits per heavy atom. The second-order valence-corrected chi connectivity index (χ2v) is 3.68. The third-order valence-electron chi connectivity index (χ3n) is 2.20. The quantitative estimate of drug-likeness (QED) is 0.454. The van der Waals surface area contributed by atoms with Gasteiger partial charge in [-0.25, -0.2) is 0 Å². The van der Waals surface area contributed by atoms with Crippen molar-refractivity contribution >= 4 is 17.6 Å². The van der Waals surface area contributed by atoms with Crippen molar-refractivity contribution in [3.63, 3.8) is 0 Å². The molecule has 0 aliphatic heterocycles. The van der Waals surface area contributed by atoms with Crippen molar-refractivity contribution in [1.82, 2.24) is 10.3 Å². The monoisotopic (exact) mass is 255 g/mol. The van der Waals surface area contributed by atoms with Gasteiger partial charge in [0.05, 0.1) is 24.7 Å². The molecule has 98 valence electrons. The second-order valence-electron chi connectivity index (χ2n) is 3.68. The molecule has 0 spiro atoms. The Kier molecular flexibility index (Phi) is 4.41. The summed E-state index contributed by atoms with van der Waals surface area (Å²) in [5.41, 5.74) is -0.126. The smallest absolute Gasteiger partial charge is 0.307 e. The normalized spacial score (nSPS) is 11.7. The number of esters is 1. The van der Waals surface area contributed by atoms with Crippen LogP contribution < -0.4 is 5.32 Å². The third-order valence-corrected chi connectivity index (χ3v) is 2.20. The Morgan fingerprint density at radius 3 is 2.78 bits per heavy atom. The van der Waals surface area contributed by atoms with E-state index in [2.05, 4.69) is 15.0 Å². The summed E-state index contributed by atoms with van der Waals surface area (Å²) in [7, 11) is 1.26. The van der Waals surface area contributed by atoms with Gasteiger partial charge in [-0.1, -0.05) is 0 Å². The van der Waals surface area contributed by atoms with E-state index < -0.39 is 22.8 Å². The van der Waals surface area contributed by atoms with Gasteiger partial charge in [-0.05, 0) is 6.92 Å². The average molecular weight is 255 g/mol. The van der Waals surface area contributed by atoms with Crippen molar-refractivity contribution in [3.8, 4) is 0 Å². The molecule has 1 amide bonds. The van der Waals surface area contributed by atoms with E-state index in [9.17, 15) is 19.7 Å². The minimum Gasteiger partial charge on any atom is -0.469 e. The van der Waals surface area contributed by atoms with Crippen LogP contribution in [0.25, 0.3) is 0 Å². The van der Waals surface area contributed by atoms with Gasteiger partial charge in [-0.15, -0.1) is 0 Å². The molecule has 0 aliphatic rings. The lowest BCUT2D eigenvalue weighted by atomic mass is 10.2. The molecule has 0 bridgehead atoms. The van der Waals surface area contributed by atoms with Gasteiger partial charge < -0.3 is 15.0 Å². The molecule has 1 rings (SSSR count). The van der Waals surface area contributed by atoms with E-state index in [0.717, 1.165) is 12.3 Å². The van der Waals surface area contributed by atoms with Crippen LogP contribution in [0, 0.1) is 10.1 Å². The highest BCUT2D eigenvalue weighted by atomic mass is 16.6. The Hall–Kier alpha value is -2.38. The third kappa shape index (κ3) is 3.58. The van der Waals surface area contributed by atoms with Crippen molar-refractivity contribution in [2.45, 2.75) is 19.4 Å². The standard InChI is InChI=1S/C10H13N3O5/c1-6(3-9(14)18-2)12-10(15)8-4-7(5-11-8)13(16)17/h4-6,11H,3H2,1-2H3,(H,12,15). The summed E-state index contributed by atoms with van der Waals surface area (Å²) in [6, 6.07) is 0.701. The molecule has 0 saturated heterocycles. The van der Waals surface area contributed by atoms with Crippen molar-refractivity contribution < 1.29 is 19.2 Å². The summed E-state index contributed by atoms with van der Waals surface area (Å²) in [5.74, 6) is -0.959. The largest absolute Gasteiger partial charge is 0.469 e. The van der Waals surface area contributed by atoms with E-state index in [1.807, 2.05) is 0 Å². The summed E-state index contributed by atoms with van der Waals surface area (Å²) < 4.78 is 4.46. The lowest BCUT2D eigenvalue weighted by Crippen LogP contribution is -2.34. The highest BCUT2D eigenvalue weighted by molar-refractivity contribution is 5.93. The number of hydrogen-bond donors (Lipinski definition) is 2. The molecule has 8 nitrogen and oxygen atoms in total. The summed E-state index contributed by atoms with van der Waals surface area (Å²) in [4.78, 5) is 34.9. The van der Waals surface area contributed by atoms with Crippen LogP contribution in [-0.2, 0) is 9.53 Å². The van der Waals surface area contributed by atoms with E-state index >= 15 is 0 Å². The maximum Gasteiger partial charge on any atom is 0.307 e. The number of aromatic nitrogens is 1. The van der Waals surface area contributed by atoms with Gasteiger partial charge in [0.25, 0.3) is 11.6 Å². The zero-order chi connectivity index (χ0) is 13.7. The summed E-state index contributed by atoms with van der Waals surface area (Å²) in [6.07, 6.45) is 1.16. The van der Waals surface area contributed by atoms with E-state index in [4.69, 9.17) is 0 Å². The van der Waals surface area contributed by atoms with E-state index in [1.165, 1.54) is 7.11 Å². The number of rotatable bonds is 5. The fourth-order valence-corrected chi connectivity index (χ4v) is 1.31. The first kappa shape index (κ1) is 13.7. The number of nitro groups is 1. The van der Waals surface area contributed by atoms with Crippen molar-refractivity contribution in [2.75, 3.05) is 7.11 Å². The number of hydrogen-bond acceptors (Lipinski definition) is 5. The molecule has 8 heteroatoms. The first-order valence-corrected chi connectivity index (χ1v) is 5.14. The molecule has 1 aromatic heterocycles. The topological polar surface area (TPSA) is 114 Å². The van der Waals surface area contributed by atoms with Crippen LogP contribution in [0.2, 0.25) is 0 Å². The van der Waals surface area contributed by atoms with Gasteiger partial charge in [0.15, 0.2) is 0 Å². The SMILES string of the molecule is COC(=O)CC(C)NC(=O)c1cc([N+](=O)[O-])c[nH]1. The lowest BCUT2D eigenvalue weighted by Gasteiger charge is -2.11. The fourth-order valence-electron chi connectivity index (χ4n) is 1.31. The molecule has 0 fully saturated rings. The summed E-state index contributed by atoms with van der Waals surface area (Å²) in [6.45, 7) is 1.63. The molecule has 2 N–H and O–H groups in total. The second kappa shape index (κ2) is 5.80. The maximum atomic E-state index is 11.6. The van der Waals surface area contributed by atoms with Crippen LogP contribution in [0.15, 0.2) is 12.3 Å². The number of H-pyrrole nitrogens is 1. The number of aromatic amines is 1. The van der Waals surface area contributed by atoms with Crippen LogP contribution in [0.4, 0.5) is 5.69 Å². The molecular weight excluding hydrogens is 242 g/mol. The first-order chi connectivity index (χ1) is 8.43. The van der Waals surface area contributed by atoms with Gasteiger partial charge >= 0.3 is 5.97 Å². The predicted octanol–water partition coefficient (Wildman–Crippen LogP) is 0.604. The van der Waals surface area contributed by atoms with E-state index in [-0.39, 0.29) is 17.8 Å². The average Bonchev–Trinajstić information content (AvgIpc) is 2.77. The molecule has 1 atom stereocenters. The molecule has 18 heavy (non-hydrogen) atoms. The number of carbonyl (C=O) groups is 2. The minimum atomic E-state index is -0.606. The van der Waals surface area contributed by atoms with Gasteiger partial charge in [0, 0.05) is 12.1 Å². The van der Waals surface area contributed by atoms with Crippen molar-refractivity contribution in [1.29, 1.82) is 0 Å². The predicted molar refractivity (Wildman–Crippen MR) is 61.0 cm³/mol. The first-order valence-electron chi connectivity index (χ1n) is 5.14. The van der Waals surface area contributed by atoms with E-state index in [0.29, 0.717) is 0 Å². The van der Waals surface area contributed by atoms with Gasteiger partial charge in [-0.3, -0.25) is 19.7 Å².